The van der Waals surface area contributed by atoms with E-state index in [-0.39, 0.29) is 10.7 Å². The van der Waals surface area contributed by atoms with Crippen LogP contribution in [0, 0.1) is 5.92 Å². The first-order valence-corrected chi connectivity index (χ1v) is 14.6. The standard InChI is InChI=1S/C27H16Cl2F3N3O5S2/c28-15-7-6-13(10-16(15)29)33-18(36)11-34-25-22(42-26(34)39)19(17-5-2-8-40-17)20-21(41-25)24(38)35(23(20)37)14-4-1-3-12(9-14)27(30,31)32/h1-10,19-21H,11H2,(H,33,36)/t19-,20-,21+/m0/s1. The zero-order valence-electron chi connectivity index (χ0n) is 20.9. The summed E-state index contributed by atoms with van der Waals surface area (Å²) in [5.41, 5.74) is -0.873. The van der Waals surface area contributed by atoms with Crippen molar-refractivity contribution in [3.8, 4) is 0 Å². The minimum Gasteiger partial charge on any atom is -0.469 e. The van der Waals surface area contributed by atoms with E-state index in [1.807, 2.05) is 0 Å². The normalized spacial score (nSPS) is 20.0. The van der Waals surface area contributed by atoms with E-state index in [1.54, 1.807) is 12.1 Å². The van der Waals surface area contributed by atoms with Gasteiger partial charge in [-0.15, -0.1) is 0 Å². The van der Waals surface area contributed by atoms with Crippen LogP contribution in [-0.2, 0) is 27.1 Å². The summed E-state index contributed by atoms with van der Waals surface area (Å²) in [5, 5.41) is 2.36. The topological polar surface area (TPSA) is 102 Å². The molecule has 4 aromatic rings. The molecule has 4 heterocycles. The number of alkyl halides is 3. The van der Waals surface area contributed by atoms with Gasteiger partial charge < -0.3 is 9.73 Å². The summed E-state index contributed by atoms with van der Waals surface area (Å²) in [6, 6.07) is 11.6. The van der Waals surface area contributed by atoms with Gasteiger partial charge >= 0.3 is 11.0 Å². The number of thioether (sulfide) groups is 1. The van der Waals surface area contributed by atoms with Gasteiger partial charge in [0.05, 0.1) is 49.3 Å². The van der Waals surface area contributed by atoms with E-state index in [4.69, 9.17) is 27.6 Å². The van der Waals surface area contributed by atoms with Crippen molar-refractivity contribution >= 4 is 75.4 Å². The molecule has 0 radical (unpaired) electrons. The van der Waals surface area contributed by atoms with Crippen LogP contribution in [0.3, 0.4) is 0 Å². The molecule has 2 aliphatic heterocycles. The molecule has 0 spiro atoms. The number of aromatic nitrogens is 1. The number of halogens is 5. The minimum atomic E-state index is -4.68. The van der Waals surface area contributed by atoms with Crippen LogP contribution in [0.25, 0.3) is 0 Å². The van der Waals surface area contributed by atoms with Crippen molar-refractivity contribution in [2.45, 2.75) is 28.9 Å². The van der Waals surface area contributed by atoms with Gasteiger partial charge in [0, 0.05) is 5.69 Å². The molecule has 0 aliphatic carbocycles. The van der Waals surface area contributed by atoms with Crippen molar-refractivity contribution in [3.05, 3.63) is 96.8 Å². The maximum Gasteiger partial charge on any atom is 0.416 e. The van der Waals surface area contributed by atoms with Crippen LogP contribution >= 0.6 is 46.3 Å². The van der Waals surface area contributed by atoms with Gasteiger partial charge in [-0.2, -0.15) is 13.2 Å². The number of imide groups is 1. The van der Waals surface area contributed by atoms with E-state index >= 15 is 0 Å². The second kappa shape index (κ2) is 10.6. The fourth-order valence-corrected chi connectivity index (χ4v) is 8.08. The smallest absolute Gasteiger partial charge is 0.416 e. The Bertz CT molecular complexity index is 1800. The maximum absolute atomic E-state index is 13.8. The van der Waals surface area contributed by atoms with Crippen molar-refractivity contribution in [1.82, 2.24) is 4.57 Å². The monoisotopic (exact) mass is 653 g/mol. The first-order chi connectivity index (χ1) is 19.9. The molecule has 0 bridgehead atoms. The van der Waals surface area contributed by atoms with Gasteiger partial charge in [0.2, 0.25) is 17.7 Å². The summed E-state index contributed by atoms with van der Waals surface area (Å²) in [7, 11) is 0. The molecule has 15 heteroatoms. The number of benzene rings is 2. The number of amides is 3. The van der Waals surface area contributed by atoms with Crippen molar-refractivity contribution in [2.24, 2.45) is 5.92 Å². The Morgan fingerprint density at radius 1 is 1.00 bits per heavy atom. The summed E-state index contributed by atoms with van der Waals surface area (Å²) in [6.45, 7) is -0.417. The highest BCUT2D eigenvalue weighted by atomic mass is 35.5. The van der Waals surface area contributed by atoms with Gasteiger partial charge in [-0.1, -0.05) is 52.4 Å². The highest BCUT2D eigenvalue weighted by molar-refractivity contribution is 8.00. The second-order valence-corrected chi connectivity index (χ2v) is 12.4. The number of hydrogen-bond donors (Lipinski definition) is 1. The predicted molar refractivity (Wildman–Crippen MR) is 151 cm³/mol. The van der Waals surface area contributed by atoms with Gasteiger partial charge in [-0.25, -0.2) is 4.90 Å². The number of anilines is 2. The Hall–Kier alpha value is -3.52. The molecule has 216 valence electrons. The van der Waals surface area contributed by atoms with Crippen LogP contribution in [0.4, 0.5) is 24.5 Å². The first-order valence-electron chi connectivity index (χ1n) is 12.2. The van der Waals surface area contributed by atoms with Crippen molar-refractivity contribution in [1.29, 1.82) is 0 Å². The molecule has 1 saturated heterocycles. The molecule has 2 aromatic carbocycles. The average Bonchev–Trinajstić information content (AvgIpc) is 3.63. The third kappa shape index (κ3) is 4.93. The Morgan fingerprint density at radius 2 is 1.79 bits per heavy atom. The first kappa shape index (κ1) is 28.6. The molecule has 42 heavy (non-hydrogen) atoms. The highest BCUT2D eigenvalue weighted by Crippen LogP contribution is 2.54. The van der Waals surface area contributed by atoms with Crippen LogP contribution < -0.4 is 15.1 Å². The van der Waals surface area contributed by atoms with E-state index in [0.29, 0.717) is 26.4 Å². The van der Waals surface area contributed by atoms with Crippen LogP contribution in [0.15, 0.2) is 75.1 Å². The molecular weight excluding hydrogens is 638 g/mol. The highest BCUT2D eigenvalue weighted by Gasteiger charge is 2.57. The number of hydrogen-bond acceptors (Lipinski definition) is 7. The Balaban J connectivity index is 1.37. The second-order valence-electron chi connectivity index (χ2n) is 9.42. The maximum atomic E-state index is 13.8. The number of nitrogens with zero attached hydrogens (tertiary/aromatic N) is 2. The third-order valence-corrected chi connectivity index (χ3v) is 10.2. The van der Waals surface area contributed by atoms with Gasteiger partial charge in [-0.05, 0) is 48.5 Å². The summed E-state index contributed by atoms with van der Waals surface area (Å²) in [4.78, 5) is 54.2. The molecular formula is C27H16Cl2F3N3O5S2. The molecule has 8 nitrogen and oxygen atoms in total. The number of furan rings is 1. The molecule has 0 saturated carbocycles. The number of nitrogens with one attached hydrogen (secondary N) is 1. The molecule has 0 unspecified atom stereocenters. The number of carbonyl (C=O) groups excluding carboxylic acids is 3. The summed E-state index contributed by atoms with van der Waals surface area (Å²) in [6.07, 6.45) is -3.31. The van der Waals surface area contributed by atoms with E-state index in [9.17, 15) is 32.3 Å². The molecule has 2 aromatic heterocycles. The molecule has 1 fully saturated rings. The summed E-state index contributed by atoms with van der Waals surface area (Å²) in [5.74, 6) is -3.66. The van der Waals surface area contributed by atoms with Crippen molar-refractivity contribution in [3.63, 3.8) is 0 Å². The fourth-order valence-electron chi connectivity index (χ4n) is 5.02. The van der Waals surface area contributed by atoms with Crippen LogP contribution in [0.1, 0.15) is 22.1 Å². The number of rotatable bonds is 5. The van der Waals surface area contributed by atoms with Crippen LogP contribution in [0.2, 0.25) is 10.0 Å². The lowest BCUT2D eigenvalue weighted by atomic mass is 9.87. The lowest BCUT2D eigenvalue weighted by Gasteiger charge is -2.29. The number of carbonyl (C=O) groups is 3. The summed E-state index contributed by atoms with van der Waals surface area (Å²) < 4.78 is 47.0. The van der Waals surface area contributed by atoms with Gasteiger partial charge in [0.25, 0.3) is 0 Å². The average molecular weight is 654 g/mol. The SMILES string of the molecule is O=C(Cn1c2c(sc1=O)[C@@H](c1ccco1)[C@@H]1C(=O)N(c3cccc(C(F)(F)F)c3)C(=O)[C@@H]1S2)Nc1ccc(Cl)c(Cl)c1. The van der Waals surface area contributed by atoms with Gasteiger partial charge in [-0.3, -0.25) is 23.7 Å². The van der Waals surface area contributed by atoms with Gasteiger partial charge in [0.15, 0.2) is 0 Å². The number of fused-ring (bicyclic) bond motifs is 2. The van der Waals surface area contributed by atoms with Crippen molar-refractivity contribution in [2.75, 3.05) is 10.2 Å². The van der Waals surface area contributed by atoms with E-state index in [2.05, 4.69) is 5.32 Å². The fraction of sp³-hybridized carbons (Fsp3) is 0.185. The zero-order chi connectivity index (χ0) is 29.9. The third-order valence-electron chi connectivity index (χ3n) is 6.84. The number of thiazole rings is 1. The molecule has 3 amide bonds. The lowest BCUT2D eigenvalue weighted by molar-refractivity contribution is -0.137. The van der Waals surface area contributed by atoms with E-state index in [1.165, 1.54) is 35.1 Å². The Labute approximate surface area is 253 Å². The Kier molecular flexibility index (Phi) is 7.24. The van der Waals surface area contributed by atoms with Gasteiger partial charge in [0.1, 0.15) is 17.6 Å². The Morgan fingerprint density at radius 3 is 2.48 bits per heavy atom. The quantitative estimate of drug-likeness (QED) is 0.255. The van der Waals surface area contributed by atoms with E-state index in [0.717, 1.165) is 46.2 Å². The largest absolute Gasteiger partial charge is 0.469 e. The van der Waals surface area contributed by atoms with E-state index < -0.39 is 58.0 Å². The van der Waals surface area contributed by atoms with Crippen molar-refractivity contribution < 1.29 is 32.0 Å². The van der Waals surface area contributed by atoms with Crippen LogP contribution in [-0.4, -0.2) is 27.5 Å². The van der Waals surface area contributed by atoms with Crippen LogP contribution in [0.5, 0.6) is 0 Å². The molecule has 3 atom stereocenters. The minimum absolute atomic E-state index is 0.213. The summed E-state index contributed by atoms with van der Waals surface area (Å²) >= 11 is 13.7. The molecule has 2 aliphatic rings. The lowest BCUT2D eigenvalue weighted by Crippen LogP contribution is -2.32. The molecule has 1 N–H and O–H groups in total. The zero-order valence-corrected chi connectivity index (χ0v) is 24.0. The molecule has 6 rings (SSSR count). The predicted octanol–water partition coefficient (Wildman–Crippen LogP) is 6.26.